The predicted octanol–water partition coefficient (Wildman–Crippen LogP) is 2.58. The molecule has 0 bridgehead atoms. The highest BCUT2D eigenvalue weighted by Gasteiger charge is 2.40. The molecule has 0 spiro atoms. The van der Waals surface area contributed by atoms with Crippen LogP contribution in [0.15, 0.2) is 48.5 Å². The molecule has 4 amide bonds. The third-order valence-corrected chi connectivity index (χ3v) is 5.32. The van der Waals surface area contributed by atoms with Crippen LogP contribution >= 0.6 is 0 Å². The van der Waals surface area contributed by atoms with Crippen LogP contribution in [0.4, 0.5) is 10.5 Å². The van der Waals surface area contributed by atoms with Crippen molar-refractivity contribution < 1.29 is 23.9 Å². The van der Waals surface area contributed by atoms with E-state index in [1.165, 1.54) is 0 Å². The maximum Gasteiger partial charge on any atom is 0.329 e. The Labute approximate surface area is 180 Å². The van der Waals surface area contributed by atoms with Gasteiger partial charge in [0.05, 0.1) is 18.7 Å². The zero-order valence-corrected chi connectivity index (χ0v) is 17.5. The van der Waals surface area contributed by atoms with Gasteiger partial charge in [-0.25, -0.2) is 9.69 Å². The summed E-state index contributed by atoms with van der Waals surface area (Å²) in [5.74, 6) is 0.860. The number of hydrogen-bond acceptors (Lipinski definition) is 5. The molecule has 2 aromatic rings. The van der Waals surface area contributed by atoms with Crippen molar-refractivity contribution in [1.29, 1.82) is 0 Å². The predicted molar refractivity (Wildman–Crippen MR) is 114 cm³/mol. The summed E-state index contributed by atoms with van der Waals surface area (Å²) in [6.07, 6.45) is -0.473. The Kier molecular flexibility index (Phi) is 5.79. The number of para-hydroxylation sites is 2. The summed E-state index contributed by atoms with van der Waals surface area (Å²) in [6, 6.07) is 13.2. The molecular formula is C23H25N3O5. The number of nitrogens with zero attached hydrogens (tertiary/aromatic N) is 1. The Hall–Kier alpha value is -3.55. The van der Waals surface area contributed by atoms with Crippen LogP contribution in [0.1, 0.15) is 31.7 Å². The Morgan fingerprint density at radius 3 is 2.55 bits per heavy atom. The first kappa shape index (κ1) is 20.7. The number of benzene rings is 2. The van der Waals surface area contributed by atoms with Crippen LogP contribution < -0.4 is 25.0 Å². The lowest BCUT2D eigenvalue weighted by Gasteiger charge is -2.26. The van der Waals surface area contributed by atoms with Gasteiger partial charge in [0.2, 0.25) is 5.91 Å². The Morgan fingerprint density at radius 2 is 1.84 bits per heavy atom. The molecule has 162 valence electrons. The monoisotopic (exact) mass is 423 g/mol. The van der Waals surface area contributed by atoms with Gasteiger partial charge in [0.1, 0.15) is 18.8 Å². The molecule has 8 heteroatoms. The quantitative estimate of drug-likeness (QED) is 0.696. The molecule has 0 aliphatic carbocycles. The summed E-state index contributed by atoms with van der Waals surface area (Å²) in [5.41, 5.74) is 1.60. The Morgan fingerprint density at radius 1 is 1.13 bits per heavy atom. The zero-order valence-electron chi connectivity index (χ0n) is 17.5. The molecule has 4 rings (SSSR count). The molecular weight excluding hydrogens is 398 g/mol. The molecule has 2 atom stereocenters. The van der Waals surface area contributed by atoms with Gasteiger partial charge in [-0.15, -0.1) is 0 Å². The average Bonchev–Trinajstić information content (AvgIpc) is 3.04. The van der Waals surface area contributed by atoms with E-state index in [0.29, 0.717) is 29.7 Å². The van der Waals surface area contributed by atoms with Crippen LogP contribution in [0.3, 0.4) is 0 Å². The normalized spacial score (nSPS) is 20.0. The molecule has 2 heterocycles. The Bertz CT molecular complexity index is 989. The topological polar surface area (TPSA) is 97.0 Å². The van der Waals surface area contributed by atoms with Gasteiger partial charge in [0.15, 0.2) is 11.5 Å². The maximum atomic E-state index is 12.7. The largest absolute Gasteiger partial charge is 0.486 e. The lowest BCUT2D eigenvalue weighted by atomic mass is 10.0. The van der Waals surface area contributed by atoms with Crippen molar-refractivity contribution in [3.63, 3.8) is 0 Å². The van der Waals surface area contributed by atoms with Gasteiger partial charge in [-0.3, -0.25) is 9.59 Å². The summed E-state index contributed by atoms with van der Waals surface area (Å²) >= 11 is 0. The van der Waals surface area contributed by atoms with Gasteiger partial charge in [-0.1, -0.05) is 38.1 Å². The number of carbonyl (C=O) groups excluding carboxylic acids is 3. The summed E-state index contributed by atoms with van der Waals surface area (Å²) in [4.78, 5) is 38.5. The number of carbonyl (C=O) groups is 3. The molecule has 0 radical (unpaired) electrons. The number of anilines is 1. The van der Waals surface area contributed by atoms with Gasteiger partial charge in [-0.05, 0) is 35.7 Å². The first-order valence-electron chi connectivity index (χ1n) is 10.3. The van der Waals surface area contributed by atoms with E-state index in [2.05, 4.69) is 24.5 Å². The highest BCUT2D eigenvalue weighted by molar-refractivity contribution is 6.22. The number of hydrogen-bond donors (Lipinski definition) is 2. The Balaban J connectivity index is 1.31. The molecule has 1 fully saturated rings. The maximum absolute atomic E-state index is 12.7. The van der Waals surface area contributed by atoms with E-state index in [4.69, 9.17) is 9.47 Å². The third kappa shape index (κ3) is 4.47. The van der Waals surface area contributed by atoms with E-state index in [9.17, 15) is 14.4 Å². The highest BCUT2D eigenvalue weighted by Crippen LogP contribution is 2.30. The average molecular weight is 423 g/mol. The van der Waals surface area contributed by atoms with Crippen LogP contribution in [-0.2, 0) is 9.59 Å². The van der Waals surface area contributed by atoms with E-state index in [-0.39, 0.29) is 25.0 Å². The number of fused-ring (bicyclic) bond motifs is 1. The van der Waals surface area contributed by atoms with Crippen molar-refractivity contribution in [3.8, 4) is 11.5 Å². The SMILES string of the molecule is CC(C)c1ccc(N2C(=O)N[C@H](CC(=O)NCC3COc4ccccc4O3)C2=O)cc1. The molecule has 0 aromatic heterocycles. The van der Waals surface area contributed by atoms with Crippen LogP contribution in [-0.4, -0.2) is 43.1 Å². The number of rotatable bonds is 6. The van der Waals surface area contributed by atoms with Crippen LogP contribution in [0.25, 0.3) is 0 Å². The number of urea groups is 1. The minimum absolute atomic E-state index is 0.144. The van der Waals surface area contributed by atoms with Crippen molar-refractivity contribution in [2.45, 2.75) is 38.3 Å². The van der Waals surface area contributed by atoms with E-state index >= 15 is 0 Å². The number of imide groups is 1. The zero-order chi connectivity index (χ0) is 22.0. The molecule has 0 saturated carbocycles. The minimum atomic E-state index is -0.901. The lowest BCUT2D eigenvalue weighted by molar-refractivity contribution is -0.125. The summed E-state index contributed by atoms with van der Waals surface area (Å²) in [6.45, 7) is 4.69. The number of ether oxygens (including phenoxy) is 2. The van der Waals surface area contributed by atoms with E-state index < -0.39 is 18.0 Å². The van der Waals surface area contributed by atoms with E-state index in [0.717, 1.165) is 10.5 Å². The standard InChI is InChI=1S/C23H25N3O5/c1-14(2)15-7-9-16(10-8-15)26-22(28)18(25-23(26)29)11-21(27)24-12-17-13-30-19-5-3-4-6-20(19)31-17/h3-10,14,17-18H,11-13H2,1-2H3,(H,24,27)(H,25,29)/t17?,18-/m1/s1. The molecule has 2 aromatic carbocycles. The fourth-order valence-electron chi connectivity index (χ4n) is 3.57. The summed E-state index contributed by atoms with van der Waals surface area (Å²) < 4.78 is 11.4. The second-order valence-corrected chi connectivity index (χ2v) is 7.93. The second kappa shape index (κ2) is 8.67. The van der Waals surface area contributed by atoms with Gasteiger partial charge < -0.3 is 20.1 Å². The smallest absolute Gasteiger partial charge is 0.329 e. The van der Waals surface area contributed by atoms with E-state index in [1.54, 1.807) is 18.2 Å². The van der Waals surface area contributed by atoms with Crippen molar-refractivity contribution in [3.05, 3.63) is 54.1 Å². The fourth-order valence-corrected chi connectivity index (χ4v) is 3.57. The van der Waals surface area contributed by atoms with E-state index in [1.807, 2.05) is 30.3 Å². The molecule has 2 aliphatic heterocycles. The van der Waals surface area contributed by atoms with Gasteiger partial charge in [-0.2, -0.15) is 0 Å². The number of amides is 4. The van der Waals surface area contributed by atoms with Crippen LogP contribution in [0.5, 0.6) is 11.5 Å². The lowest BCUT2D eigenvalue weighted by Crippen LogP contribution is -2.43. The summed E-state index contributed by atoms with van der Waals surface area (Å²) in [7, 11) is 0. The molecule has 1 saturated heterocycles. The van der Waals surface area contributed by atoms with Crippen LogP contribution in [0.2, 0.25) is 0 Å². The van der Waals surface area contributed by atoms with Crippen LogP contribution in [0, 0.1) is 0 Å². The van der Waals surface area contributed by atoms with Crippen molar-refractivity contribution in [2.24, 2.45) is 0 Å². The van der Waals surface area contributed by atoms with Crippen molar-refractivity contribution in [2.75, 3.05) is 18.1 Å². The second-order valence-electron chi connectivity index (χ2n) is 7.93. The fraction of sp³-hybridized carbons (Fsp3) is 0.348. The van der Waals surface area contributed by atoms with Crippen molar-refractivity contribution >= 4 is 23.5 Å². The molecule has 1 unspecified atom stereocenters. The van der Waals surface area contributed by atoms with Crippen molar-refractivity contribution in [1.82, 2.24) is 10.6 Å². The third-order valence-electron chi connectivity index (χ3n) is 5.32. The van der Waals surface area contributed by atoms with Gasteiger partial charge >= 0.3 is 6.03 Å². The first-order chi connectivity index (χ1) is 14.9. The summed E-state index contributed by atoms with van der Waals surface area (Å²) in [5, 5.41) is 5.35. The molecule has 31 heavy (non-hydrogen) atoms. The highest BCUT2D eigenvalue weighted by atomic mass is 16.6. The van der Waals surface area contributed by atoms with Gasteiger partial charge in [0.25, 0.3) is 5.91 Å². The van der Waals surface area contributed by atoms with Gasteiger partial charge in [0, 0.05) is 0 Å². The number of nitrogens with one attached hydrogen (secondary N) is 2. The molecule has 2 N–H and O–H groups in total. The minimum Gasteiger partial charge on any atom is -0.486 e. The first-order valence-corrected chi connectivity index (χ1v) is 10.3. The molecule has 8 nitrogen and oxygen atoms in total. The molecule has 2 aliphatic rings.